The maximum atomic E-state index is 5.04. The highest BCUT2D eigenvalue weighted by molar-refractivity contribution is 6.04. The van der Waals surface area contributed by atoms with Gasteiger partial charge in [-0.2, -0.15) is 0 Å². The summed E-state index contributed by atoms with van der Waals surface area (Å²) in [7, 11) is 4.29. The fourth-order valence-corrected chi connectivity index (χ4v) is 5.34. The second-order valence-corrected chi connectivity index (χ2v) is 10.7. The summed E-state index contributed by atoms with van der Waals surface area (Å²) < 4.78 is 0. The number of fused-ring (bicyclic) bond motifs is 3. The molecule has 40 heavy (non-hydrogen) atoms. The third-order valence-corrected chi connectivity index (χ3v) is 7.96. The van der Waals surface area contributed by atoms with Gasteiger partial charge in [-0.3, -0.25) is 0 Å². The van der Waals surface area contributed by atoms with Crippen molar-refractivity contribution in [3.63, 3.8) is 0 Å². The second-order valence-electron chi connectivity index (χ2n) is 10.7. The summed E-state index contributed by atoms with van der Waals surface area (Å²) in [6.45, 7) is 7.83. The molecule has 4 aromatic heterocycles. The molecule has 6 heterocycles. The molecule has 0 radical (unpaired) electrons. The lowest BCUT2D eigenvalue weighted by Gasteiger charge is -2.32. The van der Waals surface area contributed by atoms with Gasteiger partial charge in [0.05, 0.1) is 22.4 Å². The van der Waals surface area contributed by atoms with Crippen LogP contribution in [0.15, 0.2) is 61.2 Å². The SMILES string of the molecule is CN1CCN(c2ncc(-c3ccc4ccc5ccc(-c6cnc(N7CCN(C)CC7)nc6)nc5c4n3)cn2)CC1. The standard InChI is InChI=1S/C30H32N10/c1-37-9-13-39(14-10-37)29-31-17-23(18-32-29)25-7-5-21-3-4-22-6-8-26(36-28(22)27(21)35-25)24-19-33-30(34-20-24)40-15-11-38(2)12-16-40/h3-8,17-20H,9-16H2,1-2H3. The maximum absolute atomic E-state index is 5.04. The lowest BCUT2D eigenvalue weighted by molar-refractivity contribution is 0.311. The van der Waals surface area contributed by atoms with Crippen molar-refractivity contribution in [1.29, 1.82) is 0 Å². The number of benzene rings is 1. The first kappa shape index (κ1) is 24.7. The Morgan fingerprint density at radius 2 is 0.825 bits per heavy atom. The number of nitrogens with zero attached hydrogens (tertiary/aromatic N) is 10. The van der Waals surface area contributed by atoms with E-state index >= 15 is 0 Å². The van der Waals surface area contributed by atoms with Crippen molar-refractivity contribution in [3.8, 4) is 22.5 Å². The largest absolute Gasteiger partial charge is 0.338 e. The molecule has 1 aromatic carbocycles. The van der Waals surface area contributed by atoms with E-state index in [9.17, 15) is 0 Å². The summed E-state index contributed by atoms with van der Waals surface area (Å²) in [5.74, 6) is 1.55. The Morgan fingerprint density at radius 3 is 1.20 bits per heavy atom. The molecule has 2 fully saturated rings. The van der Waals surface area contributed by atoms with Crippen LogP contribution in [-0.2, 0) is 0 Å². The van der Waals surface area contributed by atoms with Crippen LogP contribution in [0, 0.1) is 0 Å². The molecule has 0 atom stereocenters. The van der Waals surface area contributed by atoms with E-state index in [1.54, 1.807) is 0 Å². The Balaban J connectivity index is 1.19. The minimum atomic E-state index is 0.773. The molecular formula is C30H32N10. The predicted octanol–water partition coefficient (Wildman–Crippen LogP) is 3.20. The first-order valence-corrected chi connectivity index (χ1v) is 13.8. The number of likely N-dealkylation sites (N-methyl/N-ethyl adjacent to an activating group) is 2. The summed E-state index contributed by atoms with van der Waals surface area (Å²) in [4.78, 5) is 37.9. The molecule has 0 spiro atoms. The molecule has 2 aliphatic rings. The molecule has 7 rings (SSSR count). The Kier molecular flexibility index (Phi) is 6.41. The van der Waals surface area contributed by atoms with Crippen molar-refractivity contribution in [2.45, 2.75) is 0 Å². The van der Waals surface area contributed by atoms with Crippen LogP contribution in [0.1, 0.15) is 0 Å². The molecule has 2 aliphatic heterocycles. The average molecular weight is 533 g/mol. The van der Waals surface area contributed by atoms with Gasteiger partial charge < -0.3 is 19.6 Å². The van der Waals surface area contributed by atoms with Crippen molar-refractivity contribution in [2.24, 2.45) is 0 Å². The summed E-state index contributed by atoms with van der Waals surface area (Å²) in [6, 6.07) is 12.4. The normalized spacial score (nSPS) is 17.1. The number of hydrogen-bond donors (Lipinski definition) is 0. The number of anilines is 2. The van der Waals surface area contributed by atoms with E-state index in [0.717, 1.165) is 109 Å². The zero-order chi connectivity index (χ0) is 27.1. The number of rotatable bonds is 4. The lowest BCUT2D eigenvalue weighted by atomic mass is 10.1. The van der Waals surface area contributed by atoms with Crippen molar-refractivity contribution in [2.75, 3.05) is 76.3 Å². The van der Waals surface area contributed by atoms with E-state index in [4.69, 9.17) is 9.97 Å². The van der Waals surface area contributed by atoms with Gasteiger partial charge in [-0.25, -0.2) is 29.9 Å². The summed E-state index contributed by atoms with van der Waals surface area (Å²) in [6.07, 6.45) is 7.49. The molecule has 0 unspecified atom stereocenters. The van der Waals surface area contributed by atoms with Crippen LogP contribution in [0.5, 0.6) is 0 Å². The summed E-state index contributed by atoms with van der Waals surface area (Å²) in [5.41, 5.74) is 5.15. The van der Waals surface area contributed by atoms with Crippen molar-refractivity contribution in [3.05, 3.63) is 61.2 Å². The minimum absolute atomic E-state index is 0.773. The average Bonchev–Trinajstić information content (AvgIpc) is 3.01. The smallest absolute Gasteiger partial charge is 0.225 e. The first-order valence-electron chi connectivity index (χ1n) is 13.8. The second kappa shape index (κ2) is 10.4. The fraction of sp³-hybridized carbons (Fsp3) is 0.333. The predicted molar refractivity (Wildman–Crippen MR) is 159 cm³/mol. The molecule has 5 aromatic rings. The van der Waals surface area contributed by atoms with Gasteiger partial charge in [0.25, 0.3) is 0 Å². The van der Waals surface area contributed by atoms with Crippen molar-refractivity contribution < 1.29 is 0 Å². The van der Waals surface area contributed by atoms with E-state index in [0.29, 0.717) is 0 Å². The first-order chi connectivity index (χ1) is 19.6. The van der Waals surface area contributed by atoms with Gasteiger partial charge in [0.2, 0.25) is 11.9 Å². The van der Waals surface area contributed by atoms with Crippen LogP contribution in [0.3, 0.4) is 0 Å². The van der Waals surface area contributed by atoms with Crippen LogP contribution in [0.25, 0.3) is 44.3 Å². The highest BCUT2D eigenvalue weighted by atomic mass is 15.3. The van der Waals surface area contributed by atoms with Crippen LogP contribution in [0.2, 0.25) is 0 Å². The number of hydrogen-bond acceptors (Lipinski definition) is 10. The van der Waals surface area contributed by atoms with Crippen molar-refractivity contribution in [1.82, 2.24) is 39.7 Å². The molecule has 2 saturated heterocycles. The molecule has 0 bridgehead atoms. The van der Waals surface area contributed by atoms with E-state index in [1.807, 2.05) is 36.9 Å². The third kappa shape index (κ3) is 4.80. The molecule has 10 nitrogen and oxygen atoms in total. The van der Waals surface area contributed by atoms with Crippen LogP contribution >= 0.6 is 0 Å². The van der Waals surface area contributed by atoms with Gasteiger partial charge in [0, 0.05) is 99.0 Å². The van der Waals surface area contributed by atoms with E-state index in [2.05, 4.69) is 77.9 Å². The zero-order valence-electron chi connectivity index (χ0n) is 22.9. The van der Waals surface area contributed by atoms with Crippen LogP contribution in [0.4, 0.5) is 11.9 Å². The third-order valence-electron chi connectivity index (χ3n) is 7.96. The van der Waals surface area contributed by atoms with Gasteiger partial charge in [-0.05, 0) is 26.2 Å². The van der Waals surface area contributed by atoms with Crippen LogP contribution in [-0.4, -0.2) is 106 Å². The van der Waals surface area contributed by atoms with Gasteiger partial charge in [-0.15, -0.1) is 0 Å². The molecule has 0 amide bonds. The van der Waals surface area contributed by atoms with E-state index in [-0.39, 0.29) is 0 Å². The van der Waals surface area contributed by atoms with Crippen LogP contribution < -0.4 is 9.80 Å². The lowest BCUT2D eigenvalue weighted by Crippen LogP contribution is -2.45. The number of piperazine rings is 2. The summed E-state index contributed by atoms with van der Waals surface area (Å²) >= 11 is 0. The Labute approximate surface area is 233 Å². The molecular weight excluding hydrogens is 500 g/mol. The monoisotopic (exact) mass is 532 g/mol. The summed E-state index contributed by atoms with van der Waals surface area (Å²) in [5, 5.41) is 2.08. The van der Waals surface area contributed by atoms with Gasteiger partial charge in [0.1, 0.15) is 0 Å². The van der Waals surface area contributed by atoms with E-state index < -0.39 is 0 Å². The number of aromatic nitrogens is 6. The van der Waals surface area contributed by atoms with Gasteiger partial charge in [0.15, 0.2) is 0 Å². The maximum Gasteiger partial charge on any atom is 0.225 e. The fourth-order valence-electron chi connectivity index (χ4n) is 5.34. The zero-order valence-corrected chi connectivity index (χ0v) is 22.9. The highest BCUT2D eigenvalue weighted by Gasteiger charge is 2.18. The van der Waals surface area contributed by atoms with Crippen molar-refractivity contribution >= 4 is 33.7 Å². The molecule has 202 valence electrons. The van der Waals surface area contributed by atoms with E-state index in [1.165, 1.54) is 0 Å². The topological polar surface area (TPSA) is 90.3 Å². The molecule has 0 saturated carbocycles. The molecule has 0 aliphatic carbocycles. The Bertz CT molecular complexity index is 1510. The Morgan fingerprint density at radius 1 is 0.475 bits per heavy atom. The highest BCUT2D eigenvalue weighted by Crippen LogP contribution is 2.28. The van der Waals surface area contributed by atoms with Gasteiger partial charge >= 0.3 is 0 Å². The minimum Gasteiger partial charge on any atom is -0.338 e. The molecule has 0 N–H and O–H groups in total. The number of pyridine rings is 2. The Hall–Kier alpha value is -4.28. The quantitative estimate of drug-likeness (QED) is 0.322. The molecule has 10 heteroatoms. The van der Waals surface area contributed by atoms with Gasteiger partial charge in [-0.1, -0.05) is 24.3 Å².